The Morgan fingerprint density at radius 3 is 2.58 bits per heavy atom. The van der Waals surface area contributed by atoms with Crippen LogP contribution in [0.15, 0.2) is 36.4 Å². The Balaban J connectivity index is 2.28. The minimum atomic E-state index is -0.796. The van der Waals surface area contributed by atoms with Gasteiger partial charge in [-0.05, 0) is 48.9 Å². The van der Waals surface area contributed by atoms with E-state index in [0.29, 0.717) is 11.3 Å². The smallest absolute Gasteiger partial charge is 0.258 e. The predicted molar refractivity (Wildman–Crippen MR) is 67.2 cm³/mol. The first-order valence-electron chi connectivity index (χ1n) is 5.53. The molecule has 0 aliphatic carbocycles. The average molecular weight is 263 g/mol. The van der Waals surface area contributed by atoms with E-state index in [9.17, 15) is 18.7 Å². The average Bonchev–Trinajstić information content (AvgIpc) is 2.35. The van der Waals surface area contributed by atoms with E-state index in [2.05, 4.69) is 5.32 Å². The highest BCUT2D eigenvalue weighted by atomic mass is 19.1. The zero-order chi connectivity index (χ0) is 14.0. The van der Waals surface area contributed by atoms with E-state index >= 15 is 0 Å². The van der Waals surface area contributed by atoms with Gasteiger partial charge < -0.3 is 10.4 Å². The van der Waals surface area contributed by atoms with Crippen molar-refractivity contribution in [1.82, 2.24) is 0 Å². The number of benzene rings is 2. The van der Waals surface area contributed by atoms with E-state index in [0.717, 1.165) is 18.2 Å². The molecule has 0 saturated carbocycles. The molecule has 0 atom stereocenters. The molecule has 0 aliphatic rings. The Morgan fingerprint density at radius 2 is 1.89 bits per heavy atom. The maximum absolute atomic E-state index is 13.4. The summed E-state index contributed by atoms with van der Waals surface area (Å²) in [6.45, 7) is 1.68. The molecule has 5 heteroatoms. The van der Waals surface area contributed by atoms with Gasteiger partial charge in [-0.25, -0.2) is 8.78 Å². The zero-order valence-corrected chi connectivity index (χ0v) is 10.1. The van der Waals surface area contributed by atoms with Crippen molar-refractivity contribution in [1.29, 1.82) is 0 Å². The lowest BCUT2D eigenvalue weighted by Gasteiger charge is -2.09. The van der Waals surface area contributed by atoms with Crippen LogP contribution < -0.4 is 5.32 Å². The van der Waals surface area contributed by atoms with Gasteiger partial charge in [0, 0.05) is 5.69 Å². The summed E-state index contributed by atoms with van der Waals surface area (Å²) < 4.78 is 26.4. The van der Waals surface area contributed by atoms with Gasteiger partial charge in [-0.2, -0.15) is 0 Å². The third-order valence-electron chi connectivity index (χ3n) is 2.63. The van der Waals surface area contributed by atoms with Crippen molar-refractivity contribution in [2.45, 2.75) is 6.92 Å². The summed E-state index contributed by atoms with van der Waals surface area (Å²) in [6, 6.07) is 7.01. The van der Waals surface area contributed by atoms with Gasteiger partial charge in [-0.15, -0.1) is 0 Å². The van der Waals surface area contributed by atoms with Crippen LogP contribution in [0.4, 0.5) is 14.5 Å². The molecule has 19 heavy (non-hydrogen) atoms. The second-order valence-corrected chi connectivity index (χ2v) is 4.08. The molecule has 0 unspecified atom stereocenters. The normalized spacial score (nSPS) is 10.3. The summed E-state index contributed by atoms with van der Waals surface area (Å²) in [6.07, 6.45) is 0. The van der Waals surface area contributed by atoms with Crippen LogP contribution in [0.25, 0.3) is 0 Å². The summed E-state index contributed by atoms with van der Waals surface area (Å²) >= 11 is 0. The Morgan fingerprint density at radius 1 is 1.16 bits per heavy atom. The fraction of sp³-hybridized carbons (Fsp3) is 0.0714. The van der Waals surface area contributed by atoms with E-state index in [4.69, 9.17) is 0 Å². The van der Waals surface area contributed by atoms with Crippen LogP contribution in [-0.4, -0.2) is 11.0 Å². The maximum atomic E-state index is 13.4. The molecule has 98 valence electrons. The van der Waals surface area contributed by atoms with Gasteiger partial charge in [0.15, 0.2) is 0 Å². The summed E-state index contributed by atoms with van der Waals surface area (Å²) in [5, 5.41) is 11.7. The van der Waals surface area contributed by atoms with Crippen LogP contribution in [0.3, 0.4) is 0 Å². The number of nitrogens with one attached hydrogen (secondary N) is 1. The van der Waals surface area contributed by atoms with Gasteiger partial charge in [0.25, 0.3) is 5.91 Å². The second kappa shape index (κ2) is 5.06. The highest BCUT2D eigenvalue weighted by Gasteiger charge is 2.13. The molecule has 0 radical (unpaired) electrons. The fourth-order valence-electron chi connectivity index (χ4n) is 1.65. The van der Waals surface area contributed by atoms with Crippen LogP contribution in [0, 0.1) is 18.6 Å². The first-order valence-corrected chi connectivity index (χ1v) is 5.53. The number of aromatic hydroxyl groups is 1. The molecular formula is C14H11F2NO2. The van der Waals surface area contributed by atoms with Gasteiger partial charge >= 0.3 is 0 Å². The number of carbonyl (C=O) groups is 1. The number of phenolic OH excluding ortho intramolecular Hbond substituents is 1. The minimum Gasteiger partial charge on any atom is -0.508 e. The standard InChI is InChI=1S/C14H11F2NO2/c1-8-6-10(18)3-5-13(8)17-14(19)11-7-9(15)2-4-12(11)16/h2-7,18H,1H3,(H,17,19). The maximum Gasteiger partial charge on any atom is 0.258 e. The van der Waals surface area contributed by atoms with Gasteiger partial charge in [0.1, 0.15) is 17.4 Å². The lowest BCUT2D eigenvalue weighted by Crippen LogP contribution is -2.14. The molecule has 3 nitrogen and oxygen atoms in total. The summed E-state index contributed by atoms with van der Waals surface area (Å²) in [5.74, 6) is -2.16. The number of anilines is 1. The Hall–Kier alpha value is -2.43. The van der Waals surface area contributed by atoms with Gasteiger partial charge in [0.05, 0.1) is 5.56 Å². The van der Waals surface area contributed by atoms with E-state index in [1.807, 2.05) is 0 Å². The molecule has 2 aromatic rings. The molecule has 0 fully saturated rings. The quantitative estimate of drug-likeness (QED) is 0.817. The zero-order valence-electron chi connectivity index (χ0n) is 10.1. The van der Waals surface area contributed by atoms with Gasteiger partial charge in [-0.1, -0.05) is 0 Å². The lowest BCUT2D eigenvalue weighted by atomic mass is 10.1. The van der Waals surface area contributed by atoms with Crippen molar-refractivity contribution >= 4 is 11.6 Å². The van der Waals surface area contributed by atoms with Crippen LogP contribution in [0.5, 0.6) is 5.75 Å². The summed E-state index contributed by atoms with van der Waals surface area (Å²) in [4.78, 5) is 11.8. The first kappa shape index (κ1) is 13.0. The highest BCUT2D eigenvalue weighted by Crippen LogP contribution is 2.21. The van der Waals surface area contributed by atoms with Gasteiger partial charge in [-0.3, -0.25) is 4.79 Å². The van der Waals surface area contributed by atoms with Crippen molar-refractivity contribution in [3.05, 3.63) is 59.2 Å². The minimum absolute atomic E-state index is 0.0624. The third kappa shape index (κ3) is 2.88. The molecule has 0 saturated heterocycles. The molecular weight excluding hydrogens is 252 g/mol. The summed E-state index contributed by atoms with van der Waals surface area (Å²) in [5.41, 5.74) is 0.670. The molecule has 0 heterocycles. The Labute approximate surface area is 108 Å². The molecule has 2 aromatic carbocycles. The lowest BCUT2D eigenvalue weighted by molar-refractivity contribution is 0.102. The Kier molecular flexibility index (Phi) is 3.46. The van der Waals surface area contributed by atoms with Crippen molar-refractivity contribution in [3.63, 3.8) is 0 Å². The largest absolute Gasteiger partial charge is 0.508 e. The molecule has 0 spiro atoms. The number of hydrogen-bond donors (Lipinski definition) is 2. The van der Waals surface area contributed by atoms with Crippen molar-refractivity contribution < 1.29 is 18.7 Å². The fourth-order valence-corrected chi connectivity index (χ4v) is 1.65. The number of halogens is 2. The molecule has 2 N–H and O–H groups in total. The van der Waals surface area contributed by atoms with Crippen molar-refractivity contribution in [2.24, 2.45) is 0 Å². The first-order chi connectivity index (χ1) is 8.97. The van der Waals surface area contributed by atoms with E-state index < -0.39 is 17.5 Å². The van der Waals surface area contributed by atoms with Crippen LogP contribution in [0.1, 0.15) is 15.9 Å². The van der Waals surface area contributed by atoms with Crippen molar-refractivity contribution in [3.8, 4) is 5.75 Å². The topological polar surface area (TPSA) is 49.3 Å². The number of amides is 1. The Bertz CT molecular complexity index is 641. The molecule has 0 bridgehead atoms. The highest BCUT2D eigenvalue weighted by molar-refractivity contribution is 6.04. The summed E-state index contributed by atoms with van der Waals surface area (Å²) in [7, 11) is 0. The number of aryl methyl sites for hydroxylation is 1. The molecule has 0 aliphatic heterocycles. The van der Waals surface area contributed by atoms with Crippen LogP contribution >= 0.6 is 0 Å². The van der Waals surface area contributed by atoms with Crippen molar-refractivity contribution in [2.75, 3.05) is 5.32 Å². The van der Waals surface area contributed by atoms with Gasteiger partial charge in [0.2, 0.25) is 0 Å². The monoisotopic (exact) mass is 263 g/mol. The number of carbonyl (C=O) groups excluding carboxylic acids is 1. The van der Waals surface area contributed by atoms with Crippen LogP contribution in [-0.2, 0) is 0 Å². The number of phenols is 1. The third-order valence-corrected chi connectivity index (χ3v) is 2.63. The molecule has 0 aromatic heterocycles. The number of hydrogen-bond acceptors (Lipinski definition) is 2. The molecule has 2 rings (SSSR count). The predicted octanol–water partition coefficient (Wildman–Crippen LogP) is 3.23. The molecule has 1 amide bonds. The van der Waals surface area contributed by atoms with E-state index in [-0.39, 0.29) is 11.3 Å². The van der Waals surface area contributed by atoms with E-state index in [1.165, 1.54) is 18.2 Å². The number of rotatable bonds is 2. The van der Waals surface area contributed by atoms with Crippen LogP contribution in [0.2, 0.25) is 0 Å². The van der Waals surface area contributed by atoms with E-state index in [1.54, 1.807) is 6.92 Å². The second-order valence-electron chi connectivity index (χ2n) is 4.08. The SMILES string of the molecule is Cc1cc(O)ccc1NC(=O)c1cc(F)ccc1F.